The van der Waals surface area contributed by atoms with Gasteiger partial charge in [-0.3, -0.25) is 9.20 Å². The fraction of sp³-hybridized carbons (Fsp3) is 0.292. The number of para-hydroxylation sites is 1. The van der Waals surface area contributed by atoms with Gasteiger partial charge in [-0.1, -0.05) is 18.2 Å². The number of nitrogens with zero attached hydrogens (tertiary/aromatic N) is 5. The Hall–Kier alpha value is -4.36. The van der Waals surface area contributed by atoms with Crippen LogP contribution >= 0.6 is 0 Å². The van der Waals surface area contributed by atoms with Crippen LogP contribution < -0.4 is 9.47 Å². The molecule has 0 saturated carbocycles. The molecule has 1 aliphatic rings. The monoisotopic (exact) mass is 535 g/mol. The Morgan fingerprint density at radius 1 is 1.11 bits per heavy atom. The number of amides is 1. The first kappa shape index (κ1) is 25.3. The maximum Gasteiger partial charge on any atom is 0.491 e. The maximum atomic E-state index is 14.9. The van der Waals surface area contributed by atoms with Crippen molar-refractivity contribution in [2.45, 2.75) is 31.5 Å². The normalized spacial score (nSPS) is 17.5. The lowest BCUT2D eigenvalue weighted by atomic mass is 10.0. The first-order valence-electron chi connectivity index (χ1n) is 11.3. The predicted octanol–water partition coefficient (Wildman–Crippen LogP) is 3.98. The van der Waals surface area contributed by atoms with Crippen LogP contribution in [-0.4, -0.2) is 67.7 Å². The second kappa shape index (κ2) is 9.19. The number of rotatable bonds is 4. The van der Waals surface area contributed by atoms with E-state index in [2.05, 4.69) is 19.9 Å². The molecule has 0 aliphatic carbocycles. The van der Waals surface area contributed by atoms with Gasteiger partial charge in [-0.25, -0.2) is 18.6 Å². The highest BCUT2D eigenvalue weighted by Gasteiger charge is 2.48. The number of hydrogen-bond acceptors (Lipinski definition) is 7. The Bertz CT molecular complexity index is 1550. The standard InChI is InChI=1S/C24H18F5N5O4/c1-13-31-32-19-15(6-4-9-34(13)19)21(35)33-10-8-23(25,26)18(12-33)38-20-17(37-22(36)24(27,28)29)11-14-5-2-3-7-16(14)30-20/h2-7,9,11,18H,8,10,12H2,1H3. The van der Waals surface area contributed by atoms with Crippen molar-refractivity contribution in [3.05, 3.63) is 60.0 Å². The molecular weight excluding hydrogens is 517 g/mol. The number of aryl methyl sites for hydroxylation is 1. The fourth-order valence-corrected chi connectivity index (χ4v) is 4.08. The summed E-state index contributed by atoms with van der Waals surface area (Å²) in [5.41, 5.74) is 0.568. The second-order valence-corrected chi connectivity index (χ2v) is 8.60. The number of esters is 1. The summed E-state index contributed by atoms with van der Waals surface area (Å²) in [6.07, 6.45) is -6.49. The van der Waals surface area contributed by atoms with Crippen LogP contribution in [0.1, 0.15) is 22.6 Å². The maximum absolute atomic E-state index is 14.9. The van der Waals surface area contributed by atoms with E-state index in [-0.39, 0.29) is 28.7 Å². The Morgan fingerprint density at radius 2 is 1.87 bits per heavy atom. The van der Waals surface area contributed by atoms with Gasteiger partial charge in [0.15, 0.2) is 17.5 Å². The summed E-state index contributed by atoms with van der Waals surface area (Å²) in [6.45, 7) is 0.738. The van der Waals surface area contributed by atoms with Crippen molar-refractivity contribution in [1.82, 2.24) is 24.5 Å². The Labute approximate surface area is 210 Å². The zero-order chi connectivity index (χ0) is 27.2. The van der Waals surface area contributed by atoms with Gasteiger partial charge in [0.1, 0.15) is 5.82 Å². The minimum atomic E-state index is -5.35. The Balaban J connectivity index is 1.46. The zero-order valence-electron chi connectivity index (χ0n) is 19.6. The molecule has 5 rings (SSSR count). The molecule has 4 heterocycles. The molecule has 1 fully saturated rings. The predicted molar refractivity (Wildman–Crippen MR) is 121 cm³/mol. The topological polar surface area (TPSA) is 98.9 Å². The molecule has 0 bridgehead atoms. The highest BCUT2D eigenvalue weighted by Crippen LogP contribution is 2.37. The molecule has 38 heavy (non-hydrogen) atoms. The number of benzene rings is 1. The summed E-state index contributed by atoms with van der Waals surface area (Å²) >= 11 is 0. The molecule has 0 N–H and O–H groups in total. The number of likely N-dealkylation sites (tertiary alicyclic amines) is 1. The molecule has 198 valence electrons. The number of aromatic nitrogens is 4. The van der Waals surface area contributed by atoms with Crippen LogP contribution in [0.2, 0.25) is 0 Å². The minimum Gasteiger partial charge on any atom is -0.463 e. The van der Waals surface area contributed by atoms with E-state index < -0.39 is 54.7 Å². The summed E-state index contributed by atoms with van der Waals surface area (Å²) in [5.74, 6) is -7.66. The van der Waals surface area contributed by atoms with Gasteiger partial charge in [-0.2, -0.15) is 13.2 Å². The van der Waals surface area contributed by atoms with Crippen LogP contribution in [0.25, 0.3) is 16.6 Å². The van der Waals surface area contributed by atoms with Gasteiger partial charge in [0.2, 0.25) is 0 Å². The van der Waals surface area contributed by atoms with E-state index in [0.717, 1.165) is 11.0 Å². The lowest BCUT2D eigenvalue weighted by Crippen LogP contribution is -2.55. The van der Waals surface area contributed by atoms with Crippen molar-refractivity contribution in [2.24, 2.45) is 0 Å². The number of carbonyl (C=O) groups is 2. The van der Waals surface area contributed by atoms with E-state index in [4.69, 9.17) is 4.74 Å². The van der Waals surface area contributed by atoms with E-state index >= 15 is 0 Å². The number of alkyl halides is 5. The Morgan fingerprint density at radius 3 is 2.63 bits per heavy atom. The van der Waals surface area contributed by atoms with Crippen LogP contribution in [-0.2, 0) is 4.79 Å². The molecule has 1 aliphatic heterocycles. The lowest BCUT2D eigenvalue weighted by Gasteiger charge is -2.38. The number of halogens is 5. The molecule has 0 radical (unpaired) electrons. The van der Waals surface area contributed by atoms with Crippen molar-refractivity contribution in [2.75, 3.05) is 13.1 Å². The van der Waals surface area contributed by atoms with E-state index in [1.165, 1.54) is 18.2 Å². The highest BCUT2D eigenvalue weighted by atomic mass is 19.4. The molecule has 4 aromatic rings. The first-order chi connectivity index (χ1) is 17.9. The zero-order valence-corrected chi connectivity index (χ0v) is 19.6. The number of hydrogen-bond donors (Lipinski definition) is 0. The molecular formula is C24H18F5N5O4. The number of fused-ring (bicyclic) bond motifs is 2. The van der Waals surface area contributed by atoms with Gasteiger partial charge in [0, 0.05) is 24.5 Å². The van der Waals surface area contributed by atoms with Crippen LogP contribution in [0, 0.1) is 6.92 Å². The van der Waals surface area contributed by atoms with E-state index in [1.54, 1.807) is 35.7 Å². The van der Waals surface area contributed by atoms with Gasteiger partial charge in [-0.05, 0) is 31.2 Å². The molecule has 1 unspecified atom stereocenters. The van der Waals surface area contributed by atoms with Crippen molar-refractivity contribution in [1.29, 1.82) is 0 Å². The summed E-state index contributed by atoms with van der Waals surface area (Å²) in [5, 5.41) is 8.18. The fourth-order valence-electron chi connectivity index (χ4n) is 4.08. The van der Waals surface area contributed by atoms with Crippen LogP contribution in [0.4, 0.5) is 22.0 Å². The van der Waals surface area contributed by atoms with Crippen molar-refractivity contribution in [3.8, 4) is 11.6 Å². The number of carbonyl (C=O) groups excluding carboxylic acids is 2. The summed E-state index contributed by atoms with van der Waals surface area (Å²) < 4.78 is 79.9. The molecule has 14 heteroatoms. The largest absolute Gasteiger partial charge is 0.491 e. The van der Waals surface area contributed by atoms with E-state index in [9.17, 15) is 31.5 Å². The van der Waals surface area contributed by atoms with Crippen LogP contribution in [0.15, 0.2) is 48.7 Å². The number of pyridine rings is 2. The highest BCUT2D eigenvalue weighted by molar-refractivity contribution is 5.99. The van der Waals surface area contributed by atoms with Crippen molar-refractivity contribution >= 4 is 28.4 Å². The van der Waals surface area contributed by atoms with E-state index in [1.807, 2.05) is 0 Å². The molecule has 1 aromatic carbocycles. The third-order valence-corrected chi connectivity index (χ3v) is 6.04. The summed E-state index contributed by atoms with van der Waals surface area (Å²) in [7, 11) is 0. The first-order valence-corrected chi connectivity index (χ1v) is 11.3. The smallest absolute Gasteiger partial charge is 0.463 e. The van der Waals surface area contributed by atoms with Gasteiger partial charge >= 0.3 is 12.1 Å². The average molecular weight is 535 g/mol. The minimum absolute atomic E-state index is 0.126. The van der Waals surface area contributed by atoms with Crippen LogP contribution in [0.5, 0.6) is 11.6 Å². The van der Waals surface area contributed by atoms with Gasteiger partial charge < -0.3 is 14.4 Å². The third-order valence-electron chi connectivity index (χ3n) is 6.04. The molecule has 3 aromatic heterocycles. The molecule has 0 spiro atoms. The molecule has 9 nitrogen and oxygen atoms in total. The SMILES string of the molecule is Cc1nnc2c(C(=O)N3CCC(F)(F)C(Oc4nc5ccccc5cc4OC(=O)C(F)(F)F)C3)cccn12. The Kier molecular flexibility index (Phi) is 6.12. The third kappa shape index (κ3) is 4.68. The van der Waals surface area contributed by atoms with Gasteiger partial charge in [0.25, 0.3) is 17.7 Å². The molecule has 1 saturated heterocycles. The summed E-state index contributed by atoms with van der Waals surface area (Å²) in [6, 6.07) is 10.2. The quantitative estimate of drug-likeness (QED) is 0.288. The number of piperidine rings is 1. The average Bonchev–Trinajstić information content (AvgIpc) is 3.25. The summed E-state index contributed by atoms with van der Waals surface area (Å²) in [4.78, 5) is 29.9. The number of ether oxygens (including phenoxy) is 2. The second-order valence-electron chi connectivity index (χ2n) is 8.60. The van der Waals surface area contributed by atoms with E-state index in [0.29, 0.717) is 5.82 Å². The van der Waals surface area contributed by atoms with Crippen molar-refractivity contribution < 1.29 is 41.0 Å². The molecule has 1 atom stereocenters. The van der Waals surface area contributed by atoms with Gasteiger partial charge in [-0.15, -0.1) is 10.2 Å². The van der Waals surface area contributed by atoms with Crippen LogP contribution in [0.3, 0.4) is 0 Å². The molecule has 1 amide bonds. The van der Waals surface area contributed by atoms with Crippen molar-refractivity contribution in [3.63, 3.8) is 0 Å². The lowest BCUT2D eigenvalue weighted by molar-refractivity contribution is -0.190. The van der Waals surface area contributed by atoms with Gasteiger partial charge in [0.05, 0.1) is 17.6 Å².